The van der Waals surface area contributed by atoms with Crippen LogP contribution in [0.15, 0.2) is 0 Å². The van der Waals surface area contributed by atoms with Gasteiger partial charge in [0.25, 0.3) is 0 Å². The predicted octanol–water partition coefficient (Wildman–Crippen LogP) is 0.642. The Morgan fingerprint density at radius 2 is 2.25 bits per heavy atom. The minimum Gasteiger partial charge on any atom is -0.378 e. The lowest BCUT2D eigenvalue weighted by Gasteiger charge is -2.27. The monoisotopic (exact) mass is 169 g/mol. The van der Waals surface area contributed by atoms with Crippen LogP contribution in [0, 0.1) is 5.92 Å². The van der Waals surface area contributed by atoms with Gasteiger partial charge >= 0.3 is 0 Å². The summed E-state index contributed by atoms with van der Waals surface area (Å²) in [6.07, 6.45) is 1.01. The van der Waals surface area contributed by atoms with Crippen molar-refractivity contribution in [3.8, 4) is 0 Å². The van der Waals surface area contributed by atoms with Crippen molar-refractivity contribution in [2.75, 3.05) is 13.2 Å². The summed E-state index contributed by atoms with van der Waals surface area (Å²) in [5.41, 5.74) is 0. The Morgan fingerprint density at radius 1 is 1.50 bits per heavy atom. The van der Waals surface area contributed by atoms with Gasteiger partial charge in [-0.15, -0.1) is 0 Å². The van der Waals surface area contributed by atoms with E-state index >= 15 is 0 Å². The summed E-state index contributed by atoms with van der Waals surface area (Å²) < 4.78 is 5.34. The van der Waals surface area contributed by atoms with Gasteiger partial charge < -0.3 is 9.64 Å². The summed E-state index contributed by atoms with van der Waals surface area (Å²) in [6, 6.07) is 0.686. The quantitative estimate of drug-likeness (QED) is 0.576. The third-order valence-corrected chi connectivity index (χ3v) is 2.74. The van der Waals surface area contributed by atoms with Gasteiger partial charge in [-0.1, -0.05) is 0 Å². The molecule has 2 saturated heterocycles. The molecule has 12 heavy (non-hydrogen) atoms. The van der Waals surface area contributed by atoms with E-state index in [-0.39, 0.29) is 5.92 Å². The van der Waals surface area contributed by atoms with Gasteiger partial charge in [0, 0.05) is 6.04 Å². The standard InChI is InChI=1S/C9H15NO2/c1-6(2)10-8-3-7(9(10)11)4-12-5-8/h6-8H,3-5H2,1-2H3. The van der Waals surface area contributed by atoms with Gasteiger partial charge in [0.2, 0.25) is 5.91 Å². The fraction of sp³-hybridized carbons (Fsp3) is 0.889. The number of likely N-dealkylation sites (tertiary alicyclic amines) is 1. The van der Waals surface area contributed by atoms with Gasteiger partial charge in [-0.25, -0.2) is 0 Å². The molecule has 2 aliphatic heterocycles. The van der Waals surface area contributed by atoms with Crippen LogP contribution >= 0.6 is 0 Å². The summed E-state index contributed by atoms with van der Waals surface area (Å²) in [4.78, 5) is 13.7. The van der Waals surface area contributed by atoms with E-state index in [4.69, 9.17) is 4.74 Å². The van der Waals surface area contributed by atoms with Crippen molar-refractivity contribution >= 4 is 5.91 Å². The molecule has 0 saturated carbocycles. The number of nitrogens with zero attached hydrogens (tertiary/aromatic N) is 1. The first-order valence-electron chi connectivity index (χ1n) is 4.60. The number of fused-ring (bicyclic) bond motifs is 2. The number of hydrogen-bond acceptors (Lipinski definition) is 2. The number of carbonyl (C=O) groups excluding carboxylic acids is 1. The summed E-state index contributed by atoms with van der Waals surface area (Å²) in [6.45, 7) is 5.51. The largest absolute Gasteiger partial charge is 0.378 e. The molecule has 2 aliphatic rings. The van der Waals surface area contributed by atoms with Crippen LogP contribution in [-0.4, -0.2) is 36.1 Å². The van der Waals surface area contributed by atoms with Crippen molar-refractivity contribution < 1.29 is 9.53 Å². The van der Waals surface area contributed by atoms with Crippen molar-refractivity contribution in [2.45, 2.75) is 32.4 Å². The molecule has 2 rings (SSSR count). The normalized spacial score (nSPS) is 34.9. The molecule has 0 N–H and O–H groups in total. The Kier molecular flexibility index (Phi) is 1.83. The lowest BCUT2D eigenvalue weighted by atomic mass is 10.0. The SMILES string of the molecule is CC(C)N1C(=O)C2COCC1C2. The highest BCUT2D eigenvalue weighted by atomic mass is 16.5. The molecule has 2 atom stereocenters. The fourth-order valence-corrected chi connectivity index (χ4v) is 2.24. The molecule has 2 unspecified atom stereocenters. The third kappa shape index (κ3) is 1.04. The highest BCUT2D eigenvalue weighted by Crippen LogP contribution is 2.30. The molecule has 0 aromatic heterocycles. The van der Waals surface area contributed by atoms with Crippen LogP contribution < -0.4 is 0 Å². The second-order valence-electron chi connectivity index (χ2n) is 3.96. The van der Waals surface area contributed by atoms with Crippen LogP contribution in [0.1, 0.15) is 20.3 Å². The minimum atomic E-state index is 0.158. The Bertz CT molecular complexity index is 203. The Morgan fingerprint density at radius 3 is 2.83 bits per heavy atom. The zero-order chi connectivity index (χ0) is 8.72. The number of hydrogen-bond donors (Lipinski definition) is 0. The Hall–Kier alpha value is -0.570. The lowest BCUT2D eigenvalue weighted by Crippen LogP contribution is -2.40. The van der Waals surface area contributed by atoms with E-state index in [9.17, 15) is 4.79 Å². The Labute approximate surface area is 72.7 Å². The first-order chi connectivity index (χ1) is 5.70. The molecule has 2 heterocycles. The first kappa shape index (κ1) is 8.05. The molecular formula is C9H15NO2. The first-order valence-corrected chi connectivity index (χ1v) is 4.60. The molecule has 0 aromatic carbocycles. The molecule has 0 radical (unpaired) electrons. The van der Waals surface area contributed by atoms with Gasteiger partial charge in [0.15, 0.2) is 0 Å². The highest BCUT2D eigenvalue weighted by Gasteiger charge is 2.43. The minimum absolute atomic E-state index is 0.158. The van der Waals surface area contributed by atoms with E-state index in [1.54, 1.807) is 0 Å². The lowest BCUT2D eigenvalue weighted by molar-refractivity contribution is -0.132. The van der Waals surface area contributed by atoms with E-state index in [1.807, 2.05) is 4.90 Å². The second-order valence-corrected chi connectivity index (χ2v) is 3.96. The average Bonchev–Trinajstić information content (AvgIpc) is 2.24. The summed E-state index contributed by atoms with van der Waals surface area (Å²) >= 11 is 0. The van der Waals surface area contributed by atoms with Crippen LogP contribution in [0.25, 0.3) is 0 Å². The average molecular weight is 169 g/mol. The maximum Gasteiger partial charge on any atom is 0.228 e. The topological polar surface area (TPSA) is 29.5 Å². The summed E-state index contributed by atoms with van der Waals surface area (Å²) in [7, 11) is 0. The van der Waals surface area contributed by atoms with Gasteiger partial charge in [-0.05, 0) is 20.3 Å². The predicted molar refractivity (Wildman–Crippen MR) is 44.7 cm³/mol. The van der Waals surface area contributed by atoms with E-state index < -0.39 is 0 Å². The molecule has 2 bridgehead atoms. The summed E-state index contributed by atoms with van der Waals surface area (Å²) in [5, 5.41) is 0. The molecule has 0 spiro atoms. The smallest absolute Gasteiger partial charge is 0.228 e. The zero-order valence-corrected chi connectivity index (χ0v) is 7.62. The third-order valence-electron chi connectivity index (χ3n) is 2.74. The maximum atomic E-state index is 11.7. The van der Waals surface area contributed by atoms with Crippen LogP contribution in [-0.2, 0) is 9.53 Å². The molecule has 3 nitrogen and oxygen atoms in total. The van der Waals surface area contributed by atoms with Crippen LogP contribution in [0.4, 0.5) is 0 Å². The number of rotatable bonds is 1. The molecule has 1 amide bonds. The number of carbonyl (C=O) groups is 1. The number of ether oxygens (including phenoxy) is 1. The number of amides is 1. The van der Waals surface area contributed by atoms with Crippen molar-refractivity contribution in [2.24, 2.45) is 5.92 Å². The highest BCUT2D eigenvalue weighted by molar-refractivity contribution is 5.82. The van der Waals surface area contributed by atoms with E-state index in [0.29, 0.717) is 24.6 Å². The van der Waals surface area contributed by atoms with Crippen LogP contribution in [0.5, 0.6) is 0 Å². The van der Waals surface area contributed by atoms with Crippen molar-refractivity contribution in [3.05, 3.63) is 0 Å². The second kappa shape index (κ2) is 2.73. The molecule has 0 aromatic rings. The van der Waals surface area contributed by atoms with E-state index in [0.717, 1.165) is 13.0 Å². The molecule has 2 fully saturated rings. The van der Waals surface area contributed by atoms with Crippen LogP contribution in [0.2, 0.25) is 0 Å². The van der Waals surface area contributed by atoms with Crippen molar-refractivity contribution in [3.63, 3.8) is 0 Å². The van der Waals surface area contributed by atoms with Crippen molar-refractivity contribution in [1.82, 2.24) is 4.90 Å². The van der Waals surface area contributed by atoms with Gasteiger partial charge in [0.05, 0.1) is 25.2 Å². The van der Waals surface area contributed by atoms with Gasteiger partial charge in [0.1, 0.15) is 0 Å². The maximum absolute atomic E-state index is 11.7. The molecule has 68 valence electrons. The fourth-order valence-electron chi connectivity index (χ4n) is 2.24. The zero-order valence-electron chi connectivity index (χ0n) is 7.62. The summed E-state index contributed by atoms with van der Waals surface area (Å²) in [5.74, 6) is 0.457. The van der Waals surface area contributed by atoms with Crippen molar-refractivity contribution in [1.29, 1.82) is 0 Å². The molecule has 0 aliphatic carbocycles. The van der Waals surface area contributed by atoms with Gasteiger partial charge in [-0.2, -0.15) is 0 Å². The molecule has 3 heteroatoms. The van der Waals surface area contributed by atoms with Gasteiger partial charge in [-0.3, -0.25) is 4.79 Å². The van der Waals surface area contributed by atoms with E-state index in [2.05, 4.69) is 13.8 Å². The van der Waals surface area contributed by atoms with Crippen LogP contribution in [0.3, 0.4) is 0 Å². The van der Waals surface area contributed by atoms with E-state index in [1.165, 1.54) is 0 Å². The Balaban J connectivity index is 2.18. The molecular weight excluding hydrogens is 154 g/mol.